The molecule has 1 heterocycles. The quantitative estimate of drug-likeness (QED) is 0.771. The number of likely N-dealkylation sites (tertiary alicyclic amines) is 1. The third kappa shape index (κ3) is 5.70. The van der Waals surface area contributed by atoms with Crippen molar-refractivity contribution in [3.8, 4) is 0 Å². The summed E-state index contributed by atoms with van der Waals surface area (Å²) in [5.41, 5.74) is 0.0367. The minimum atomic E-state index is -4.72. The van der Waals surface area contributed by atoms with E-state index in [-0.39, 0.29) is 18.4 Å². The van der Waals surface area contributed by atoms with Crippen molar-refractivity contribution in [3.05, 3.63) is 65.7 Å². The highest BCUT2D eigenvalue weighted by molar-refractivity contribution is 7.89. The average molecular weight is 435 g/mol. The Kier molecular flexibility index (Phi) is 7.50. The molecule has 3 rings (SSSR count). The molecule has 2 aromatic rings. The predicted octanol–water partition coefficient (Wildman–Crippen LogP) is 4.07. The van der Waals surface area contributed by atoms with Crippen molar-refractivity contribution in [2.45, 2.75) is 36.5 Å². The first-order chi connectivity index (χ1) is 12.8. The van der Waals surface area contributed by atoms with Crippen LogP contribution in [0.25, 0.3) is 0 Å². The zero-order valence-corrected chi connectivity index (χ0v) is 16.7. The third-order valence-electron chi connectivity index (χ3n) is 4.64. The number of alkyl halides is 3. The van der Waals surface area contributed by atoms with Crippen molar-refractivity contribution in [1.82, 2.24) is 9.62 Å². The number of benzene rings is 2. The molecule has 0 radical (unpaired) electrons. The van der Waals surface area contributed by atoms with Gasteiger partial charge in [-0.1, -0.05) is 42.5 Å². The molecule has 28 heavy (non-hydrogen) atoms. The van der Waals surface area contributed by atoms with Crippen LogP contribution in [0.15, 0.2) is 59.5 Å². The molecule has 9 heteroatoms. The summed E-state index contributed by atoms with van der Waals surface area (Å²) >= 11 is 0. The second-order valence-corrected chi connectivity index (χ2v) is 8.33. The van der Waals surface area contributed by atoms with Gasteiger partial charge in [-0.2, -0.15) is 13.2 Å². The molecule has 0 aromatic heterocycles. The summed E-state index contributed by atoms with van der Waals surface area (Å²) in [6, 6.07) is 13.8. The van der Waals surface area contributed by atoms with Crippen molar-refractivity contribution in [2.75, 3.05) is 13.1 Å². The molecule has 0 aliphatic carbocycles. The maximum absolute atomic E-state index is 13.1. The van der Waals surface area contributed by atoms with E-state index < -0.39 is 26.7 Å². The topological polar surface area (TPSA) is 49.4 Å². The van der Waals surface area contributed by atoms with Gasteiger partial charge in [-0.15, -0.1) is 12.4 Å². The van der Waals surface area contributed by atoms with Crippen LogP contribution in [-0.4, -0.2) is 32.4 Å². The van der Waals surface area contributed by atoms with Crippen LogP contribution in [0.1, 0.15) is 24.0 Å². The summed E-state index contributed by atoms with van der Waals surface area (Å²) in [5, 5.41) is 0. The van der Waals surface area contributed by atoms with Gasteiger partial charge in [0.2, 0.25) is 10.0 Å². The van der Waals surface area contributed by atoms with Gasteiger partial charge < -0.3 is 0 Å². The molecule has 2 aromatic carbocycles. The zero-order chi connectivity index (χ0) is 19.5. The van der Waals surface area contributed by atoms with E-state index >= 15 is 0 Å². The molecule has 1 saturated heterocycles. The van der Waals surface area contributed by atoms with E-state index in [1.807, 2.05) is 30.3 Å². The molecule has 1 N–H and O–H groups in total. The average Bonchev–Trinajstić information content (AvgIpc) is 2.63. The Morgan fingerprint density at radius 3 is 2.14 bits per heavy atom. The van der Waals surface area contributed by atoms with Gasteiger partial charge in [-0.05, 0) is 30.5 Å². The Hall–Kier alpha value is -1.61. The Balaban J connectivity index is 0.00000280. The lowest BCUT2D eigenvalue weighted by atomic mass is 10.1. The first-order valence-corrected chi connectivity index (χ1v) is 10.2. The number of hydrogen-bond acceptors (Lipinski definition) is 3. The first-order valence-electron chi connectivity index (χ1n) is 8.70. The maximum Gasteiger partial charge on any atom is 0.417 e. The molecular formula is C19H22ClF3N2O2S. The van der Waals surface area contributed by atoms with Crippen LogP contribution in [0.5, 0.6) is 0 Å². The monoisotopic (exact) mass is 434 g/mol. The Bertz CT molecular complexity index is 868. The largest absolute Gasteiger partial charge is 0.417 e. The number of nitrogens with one attached hydrogen (secondary N) is 1. The van der Waals surface area contributed by atoms with Crippen LogP contribution < -0.4 is 4.72 Å². The molecule has 1 aliphatic heterocycles. The van der Waals surface area contributed by atoms with E-state index in [1.165, 1.54) is 17.7 Å². The lowest BCUT2D eigenvalue weighted by Gasteiger charge is -2.32. The van der Waals surface area contributed by atoms with Crippen LogP contribution in [0.2, 0.25) is 0 Å². The van der Waals surface area contributed by atoms with Crippen LogP contribution in [0.4, 0.5) is 13.2 Å². The number of sulfonamides is 1. The molecule has 154 valence electrons. The molecule has 1 aliphatic rings. The lowest BCUT2D eigenvalue weighted by Crippen LogP contribution is -2.44. The van der Waals surface area contributed by atoms with Gasteiger partial charge in [0.05, 0.1) is 10.5 Å². The van der Waals surface area contributed by atoms with Crippen molar-refractivity contribution in [2.24, 2.45) is 0 Å². The highest BCUT2D eigenvalue weighted by Crippen LogP contribution is 2.34. The van der Waals surface area contributed by atoms with Crippen LogP contribution in [-0.2, 0) is 22.7 Å². The standard InChI is InChI=1S/C19H21F3N2O2S.ClH/c20-19(21,22)17-8-4-5-9-18(17)27(25,26)23-16-10-12-24(13-11-16)14-15-6-2-1-3-7-15;/h1-9,16,23H,10-14H2;1H. The Morgan fingerprint density at radius 2 is 1.54 bits per heavy atom. The van der Waals surface area contributed by atoms with Crippen molar-refractivity contribution >= 4 is 22.4 Å². The van der Waals surface area contributed by atoms with E-state index in [0.717, 1.165) is 18.7 Å². The van der Waals surface area contributed by atoms with Gasteiger partial charge in [0.25, 0.3) is 0 Å². The predicted molar refractivity (Wildman–Crippen MR) is 104 cm³/mol. The van der Waals surface area contributed by atoms with Gasteiger partial charge in [0.1, 0.15) is 0 Å². The SMILES string of the molecule is Cl.O=S(=O)(NC1CCN(Cc2ccccc2)CC1)c1ccccc1C(F)(F)F. The minimum Gasteiger partial charge on any atom is -0.299 e. The molecule has 4 nitrogen and oxygen atoms in total. The highest BCUT2D eigenvalue weighted by atomic mass is 35.5. The summed E-state index contributed by atoms with van der Waals surface area (Å²) in [4.78, 5) is 1.49. The molecular weight excluding hydrogens is 413 g/mol. The van der Waals surface area contributed by atoms with Crippen molar-refractivity contribution in [3.63, 3.8) is 0 Å². The number of hydrogen-bond donors (Lipinski definition) is 1. The summed E-state index contributed by atoms with van der Waals surface area (Å²) in [7, 11) is -4.24. The van der Waals surface area contributed by atoms with E-state index in [0.29, 0.717) is 25.9 Å². The number of halogens is 4. The Labute approximate surface area is 169 Å². The smallest absolute Gasteiger partial charge is 0.299 e. The normalized spacial score (nSPS) is 16.5. The molecule has 0 unspecified atom stereocenters. The van der Waals surface area contributed by atoms with Gasteiger partial charge in [-0.25, -0.2) is 13.1 Å². The molecule has 0 spiro atoms. The summed E-state index contributed by atoms with van der Waals surface area (Å²) in [6.07, 6.45) is -3.61. The summed E-state index contributed by atoms with van der Waals surface area (Å²) in [5.74, 6) is 0. The fourth-order valence-electron chi connectivity index (χ4n) is 3.27. The fraction of sp³-hybridized carbons (Fsp3) is 0.368. The van der Waals surface area contributed by atoms with Gasteiger partial charge in [0.15, 0.2) is 0 Å². The van der Waals surface area contributed by atoms with Gasteiger partial charge in [-0.3, -0.25) is 4.90 Å². The van der Waals surface area contributed by atoms with Crippen LogP contribution in [0, 0.1) is 0 Å². The van der Waals surface area contributed by atoms with E-state index in [9.17, 15) is 21.6 Å². The van der Waals surface area contributed by atoms with Gasteiger partial charge >= 0.3 is 6.18 Å². The lowest BCUT2D eigenvalue weighted by molar-refractivity contribution is -0.139. The van der Waals surface area contributed by atoms with Crippen LogP contribution >= 0.6 is 12.4 Å². The molecule has 0 bridgehead atoms. The number of rotatable bonds is 5. The number of piperidine rings is 1. The summed E-state index contributed by atoms with van der Waals surface area (Å²) < 4.78 is 66.8. The zero-order valence-electron chi connectivity index (χ0n) is 15.0. The molecule has 1 fully saturated rings. The molecule has 0 atom stereocenters. The molecule has 0 amide bonds. The summed E-state index contributed by atoms with van der Waals surface area (Å²) in [6.45, 7) is 2.14. The van der Waals surface area contributed by atoms with Crippen molar-refractivity contribution < 1.29 is 21.6 Å². The fourth-order valence-corrected chi connectivity index (χ4v) is 4.80. The Morgan fingerprint density at radius 1 is 0.964 bits per heavy atom. The van der Waals surface area contributed by atoms with Crippen molar-refractivity contribution in [1.29, 1.82) is 0 Å². The third-order valence-corrected chi connectivity index (χ3v) is 6.22. The number of nitrogens with zero attached hydrogens (tertiary/aromatic N) is 1. The highest BCUT2D eigenvalue weighted by Gasteiger charge is 2.37. The van der Waals surface area contributed by atoms with E-state index in [2.05, 4.69) is 9.62 Å². The van der Waals surface area contributed by atoms with E-state index in [4.69, 9.17) is 0 Å². The molecule has 0 saturated carbocycles. The maximum atomic E-state index is 13.1. The van der Waals surface area contributed by atoms with Crippen LogP contribution in [0.3, 0.4) is 0 Å². The first kappa shape index (κ1) is 22.7. The van der Waals surface area contributed by atoms with E-state index in [1.54, 1.807) is 0 Å². The minimum absolute atomic E-state index is 0. The van der Waals surface area contributed by atoms with Gasteiger partial charge in [0, 0.05) is 25.7 Å². The second kappa shape index (κ2) is 9.26. The second-order valence-electron chi connectivity index (χ2n) is 6.65.